The molecule has 18 heavy (non-hydrogen) atoms. The number of hydrogen-bond acceptors (Lipinski definition) is 3. The molecule has 0 saturated heterocycles. The van der Waals surface area contributed by atoms with E-state index in [1.165, 1.54) is 4.31 Å². The van der Waals surface area contributed by atoms with Gasteiger partial charge in [0.2, 0.25) is 10.0 Å². The lowest BCUT2D eigenvalue weighted by Crippen LogP contribution is -2.34. The maximum atomic E-state index is 12.1. The lowest BCUT2D eigenvalue weighted by Gasteiger charge is -2.20. The van der Waals surface area contributed by atoms with Crippen molar-refractivity contribution < 1.29 is 13.5 Å². The van der Waals surface area contributed by atoms with Crippen molar-refractivity contribution in [2.75, 3.05) is 19.7 Å². The predicted molar refractivity (Wildman–Crippen MR) is 73.4 cm³/mol. The molecule has 0 amide bonds. The monoisotopic (exact) mass is 311 g/mol. The highest BCUT2D eigenvalue weighted by Gasteiger charge is 2.22. The van der Waals surface area contributed by atoms with Crippen LogP contribution in [0, 0.1) is 0 Å². The van der Waals surface area contributed by atoms with Crippen molar-refractivity contribution >= 4 is 33.2 Å². The van der Waals surface area contributed by atoms with Gasteiger partial charge in [-0.2, -0.15) is 4.31 Å². The Kier molecular flexibility index (Phi) is 5.88. The van der Waals surface area contributed by atoms with Crippen molar-refractivity contribution in [2.45, 2.75) is 12.7 Å². The molecule has 0 aliphatic rings. The standard InChI is InChI=1S/C11H15Cl2NO3S/c1-2-14(6-7-15)18(16,17)8-9-10(12)4-3-5-11(9)13/h3-5,15H,2,6-8H2,1H3. The van der Waals surface area contributed by atoms with Crippen molar-refractivity contribution in [3.63, 3.8) is 0 Å². The molecule has 0 unspecified atom stereocenters. The molecule has 0 radical (unpaired) electrons. The van der Waals surface area contributed by atoms with Crippen LogP contribution in [-0.2, 0) is 15.8 Å². The summed E-state index contributed by atoms with van der Waals surface area (Å²) < 4.78 is 25.4. The van der Waals surface area contributed by atoms with Gasteiger partial charge in [-0.1, -0.05) is 36.2 Å². The SMILES string of the molecule is CCN(CCO)S(=O)(=O)Cc1c(Cl)cccc1Cl. The van der Waals surface area contributed by atoms with E-state index in [0.29, 0.717) is 22.2 Å². The topological polar surface area (TPSA) is 57.6 Å². The van der Waals surface area contributed by atoms with Crippen LogP contribution >= 0.6 is 23.2 Å². The lowest BCUT2D eigenvalue weighted by molar-refractivity contribution is 0.257. The largest absolute Gasteiger partial charge is 0.395 e. The molecule has 1 N–H and O–H groups in total. The summed E-state index contributed by atoms with van der Waals surface area (Å²) in [6.45, 7) is 1.86. The number of halogens is 2. The fourth-order valence-electron chi connectivity index (χ4n) is 1.55. The Morgan fingerprint density at radius 1 is 1.28 bits per heavy atom. The van der Waals surface area contributed by atoms with E-state index in [1.807, 2.05) is 0 Å². The highest BCUT2D eigenvalue weighted by atomic mass is 35.5. The second kappa shape index (κ2) is 6.73. The van der Waals surface area contributed by atoms with Crippen LogP contribution in [0.2, 0.25) is 10.0 Å². The van der Waals surface area contributed by atoms with Crippen LogP contribution in [0.4, 0.5) is 0 Å². The molecule has 0 aromatic heterocycles. The second-order valence-electron chi connectivity index (χ2n) is 3.67. The van der Waals surface area contributed by atoms with E-state index in [0.717, 1.165) is 0 Å². The predicted octanol–water partition coefficient (Wildman–Crippen LogP) is 2.14. The zero-order valence-electron chi connectivity index (χ0n) is 9.94. The number of likely N-dealkylation sites (N-methyl/N-ethyl adjacent to an activating group) is 1. The third-order valence-electron chi connectivity index (χ3n) is 2.48. The summed E-state index contributed by atoms with van der Waals surface area (Å²) >= 11 is 11.9. The van der Waals surface area contributed by atoms with Gasteiger partial charge in [-0.25, -0.2) is 8.42 Å². The smallest absolute Gasteiger partial charge is 0.218 e. The van der Waals surface area contributed by atoms with E-state index in [4.69, 9.17) is 28.3 Å². The van der Waals surface area contributed by atoms with Crippen LogP contribution in [0.3, 0.4) is 0 Å². The normalized spacial score (nSPS) is 12.1. The van der Waals surface area contributed by atoms with Crippen LogP contribution in [0.5, 0.6) is 0 Å². The molecule has 102 valence electrons. The van der Waals surface area contributed by atoms with E-state index < -0.39 is 10.0 Å². The van der Waals surface area contributed by atoms with E-state index in [1.54, 1.807) is 25.1 Å². The van der Waals surface area contributed by atoms with Crippen LogP contribution < -0.4 is 0 Å². The fourth-order valence-corrected chi connectivity index (χ4v) is 3.85. The van der Waals surface area contributed by atoms with Crippen molar-refractivity contribution in [2.24, 2.45) is 0 Å². The van der Waals surface area contributed by atoms with Crippen LogP contribution in [-0.4, -0.2) is 37.5 Å². The average molecular weight is 312 g/mol. The van der Waals surface area contributed by atoms with Gasteiger partial charge in [0.25, 0.3) is 0 Å². The summed E-state index contributed by atoms with van der Waals surface area (Å²) in [5, 5.41) is 9.50. The highest BCUT2D eigenvalue weighted by molar-refractivity contribution is 7.88. The summed E-state index contributed by atoms with van der Waals surface area (Å²) in [5.41, 5.74) is 0.386. The van der Waals surface area contributed by atoms with Gasteiger partial charge in [0, 0.05) is 28.7 Å². The van der Waals surface area contributed by atoms with Crippen molar-refractivity contribution in [3.05, 3.63) is 33.8 Å². The molecular weight excluding hydrogens is 297 g/mol. The minimum Gasteiger partial charge on any atom is -0.395 e. The number of aliphatic hydroxyl groups excluding tert-OH is 1. The van der Waals surface area contributed by atoms with E-state index in [2.05, 4.69) is 0 Å². The molecule has 7 heteroatoms. The Bertz CT molecular complexity index is 485. The van der Waals surface area contributed by atoms with E-state index >= 15 is 0 Å². The Morgan fingerprint density at radius 3 is 2.28 bits per heavy atom. The molecule has 1 aromatic rings. The van der Waals surface area contributed by atoms with Crippen molar-refractivity contribution in [3.8, 4) is 0 Å². The van der Waals surface area contributed by atoms with Crippen molar-refractivity contribution in [1.29, 1.82) is 0 Å². The molecule has 0 bridgehead atoms. The van der Waals surface area contributed by atoms with Crippen LogP contribution in [0.15, 0.2) is 18.2 Å². The maximum Gasteiger partial charge on any atom is 0.218 e. The van der Waals surface area contributed by atoms with E-state index in [-0.39, 0.29) is 18.9 Å². The second-order valence-corrected chi connectivity index (χ2v) is 6.46. The average Bonchev–Trinajstić information content (AvgIpc) is 2.31. The summed E-state index contributed by atoms with van der Waals surface area (Å²) in [6.07, 6.45) is 0. The third kappa shape index (κ3) is 3.83. The Morgan fingerprint density at radius 2 is 1.83 bits per heavy atom. The van der Waals surface area contributed by atoms with Gasteiger partial charge in [-0.15, -0.1) is 0 Å². The number of rotatable bonds is 6. The molecule has 1 rings (SSSR count). The zero-order chi connectivity index (χ0) is 13.8. The first-order chi connectivity index (χ1) is 8.42. The van der Waals surface area contributed by atoms with Crippen LogP contribution in [0.25, 0.3) is 0 Å². The van der Waals surface area contributed by atoms with Gasteiger partial charge in [0.1, 0.15) is 0 Å². The van der Waals surface area contributed by atoms with Crippen molar-refractivity contribution in [1.82, 2.24) is 4.31 Å². The summed E-state index contributed by atoms with van der Waals surface area (Å²) in [4.78, 5) is 0. The van der Waals surface area contributed by atoms with Gasteiger partial charge in [-0.3, -0.25) is 0 Å². The van der Waals surface area contributed by atoms with Gasteiger partial charge < -0.3 is 5.11 Å². The maximum absolute atomic E-state index is 12.1. The highest BCUT2D eigenvalue weighted by Crippen LogP contribution is 2.27. The molecule has 0 aliphatic heterocycles. The molecule has 0 atom stereocenters. The molecule has 0 fully saturated rings. The lowest BCUT2D eigenvalue weighted by atomic mass is 10.2. The molecule has 0 aliphatic carbocycles. The number of nitrogens with zero attached hydrogens (tertiary/aromatic N) is 1. The molecule has 0 heterocycles. The Labute approximate surface area is 117 Å². The molecular formula is C11H15Cl2NO3S. The van der Waals surface area contributed by atoms with E-state index in [9.17, 15) is 8.42 Å². The quantitative estimate of drug-likeness (QED) is 0.875. The first kappa shape index (κ1) is 15.7. The molecule has 0 saturated carbocycles. The van der Waals surface area contributed by atoms with Gasteiger partial charge in [0.15, 0.2) is 0 Å². The number of benzene rings is 1. The summed E-state index contributed by atoms with van der Waals surface area (Å²) in [7, 11) is -3.53. The minimum absolute atomic E-state index is 0.0703. The summed E-state index contributed by atoms with van der Waals surface area (Å²) in [6, 6.07) is 4.85. The number of aliphatic hydroxyl groups is 1. The first-order valence-electron chi connectivity index (χ1n) is 5.44. The minimum atomic E-state index is -3.53. The first-order valence-corrected chi connectivity index (χ1v) is 7.80. The molecule has 1 aromatic carbocycles. The molecule has 4 nitrogen and oxygen atoms in total. The summed E-state index contributed by atoms with van der Waals surface area (Å²) in [5.74, 6) is -0.265. The number of hydrogen-bond donors (Lipinski definition) is 1. The van der Waals surface area contributed by atoms with Gasteiger partial charge >= 0.3 is 0 Å². The Balaban J connectivity index is 3.02. The third-order valence-corrected chi connectivity index (χ3v) is 5.07. The van der Waals surface area contributed by atoms with Gasteiger partial charge in [0.05, 0.1) is 12.4 Å². The number of sulfonamides is 1. The Hall–Kier alpha value is -0.330. The van der Waals surface area contributed by atoms with Gasteiger partial charge in [-0.05, 0) is 12.1 Å². The fraction of sp³-hybridized carbons (Fsp3) is 0.455. The zero-order valence-corrected chi connectivity index (χ0v) is 12.3. The van der Waals surface area contributed by atoms with Crippen LogP contribution in [0.1, 0.15) is 12.5 Å². The molecule has 0 spiro atoms.